The van der Waals surface area contributed by atoms with Crippen LogP contribution in [0.2, 0.25) is 0 Å². The van der Waals surface area contributed by atoms with E-state index >= 15 is 0 Å². The molecule has 0 fully saturated rings. The predicted octanol–water partition coefficient (Wildman–Crippen LogP) is 2.80. The second kappa shape index (κ2) is 5.74. The van der Waals surface area contributed by atoms with Crippen LogP contribution in [-0.2, 0) is 7.79 Å². The molecule has 1 N–H and O–H groups in total. The minimum atomic E-state index is -3.79. The molecule has 5 nitrogen and oxygen atoms in total. The van der Waals surface area contributed by atoms with Gasteiger partial charge in [0.25, 0.3) is 0 Å². The Morgan fingerprint density at radius 2 is 1.61 bits per heavy atom. The molecule has 2 aromatic carbocycles. The van der Waals surface area contributed by atoms with Gasteiger partial charge >= 0.3 is 138 Å². The number of anilines is 1. The zero-order valence-electron chi connectivity index (χ0n) is 13.2. The summed E-state index contributed by atoms with van der Waals surface area (Å²) >= 11 is -3.79. The molecular weight excluding hydrogens is 361 g/mol. The number of carbonyl (C=O) groups excluding carboxylic acids is 1. The van der Waals surface area contributed by atoms with Gasteiger partial charge in [-0.15, -0.1) is 0 Å². The van der Waals surface area contributed by atoms with Crippen LogP contribution >= 0.6 is 0 Å². The van der Waals surface area contributed by atoms with E-state index in [0.29, 0.717) is 15.7 Å². The molecule has 1 heterocycles. The molecule has 6 heteroatoms. The molecule has 1 amide bonds. The zero-order chi connectivity index (χ0) is 16.7. The summed E-state index contributed by atoms with van der Waals surface area (Å²) in [4.78, 5) is 13.0. The molecule has 0 saturated carbocycles. The fourth-order valence-corrected chi connectivity index (χ4v) is 8.00. The molecule has 3 rings (SSSR count). The van der Waals surface area contributed by atoms with E-state index in [9.17, 15) is 10.1 Å². The van der Waals surface area contributed by atoms with Gasteiger partial charge in [-0.1, -0.05) is 0 Å². The van der Waals surface area contributed by atoms with Crippen molar-refractivity contribution in [1.29, 1.82) is 0 Å². The van der Waals surface area contributed by atoms with Crippen molar-refractivity contribution in [3.8, 4) is 0 Å². The molecule has 0 bridgehead atoms. The van der Waals surface area contributed by atoms with Crippen LogP contribution in [0.25, 0.3) is 0 Å². The van der Waals surface area contributed by atoms with Crippen molar-refractivity contribution in [2.45, 2.75) is 26.4 Å². The third-order valence-corrected chi connectivity index (χ3v) is 8.93. The molecule has 1 aliphatic heterocycles. The second-order valence-electron chi connectivity index (χ2n) is 6.18. The van der Waals surface area contributed by atoms with Gasteiger partial charge in [0.05, 0.1) is 0 Å². The van der Waals surface area contributed by atoms with Crippen LogP contribution in [0.5, 0.6) is 0 Å². The van der Waals surface area contributed by atoms with Gasteiger partial charge in [0.1, 0.15) is 0 Å². The van der Waals surface area contributed by atoms with Gasteiger partial charge in [0.15, 0.2) is 0 Å². The molecule has 1 aliphatic rings. The summed E-state index contributed by atoms with van der Waals surface area (Å²) in [5, 5.41) is 9.83. The Bertz CT molecular complexity index is 729. The number of benzene rings is 2. The van der Waals surface area contributed by atoms with Crippen molar-refractivity contribution in [3.05, 3.63) is 60.2 Å². The Balaban J connectivity index is 2.23. The van der Waals surface area contributed by atoms with Gasteiger partial charge in [-0.05, 0) is 0 Å². The Kier molecular flexibility index (Phi) is 4.04. The summed E-state index contributed by atoms with van der Waals surface area (Å²) in [6.45, 7) is 5.62. The van der Waals surface area contributed by atoms with Gasteiger partial charge in [-0.2, -0.15) is 0 Å². The fraction of sp³-hybridized carbons (Fsp3) is 0.235. The van der Waals surface area contributed by atoms with Crippen molar-refractivity contribution in [3.63, 3.8) is 0 Å². The van der Waals surface area contributed by atoms with Crippen LogP contribution in [0.1, 0.15) is 31.1 Å². The van der Waals surface area contributed by atoms with Gasteiger partial charge in [0.2, 0.25) is 0 Å². The first-order chi connectivity index (χ1) is 10.9. The average molecular weight is 380 g/mol. The van der Waals surface area contributed by atoms with Crippen LogP contribution in [0.3, 0.4) is 0 Å². The second-order valence-corrected chi connectivity index (χ2v) is 10.5. The van der Waals surface area contributed by atoms with Crippen molar-refractivity contribution < 1.29 is 17.8 Å². The molecule has 0 radical (unpaired) electrons. The summed E-state index contributed by atoms with van der Waals surface area (Å²) in [7, 11) is 0. The first kappa shape index (κ1) is 16.2. The Labute approximate surface area is 138 Å². The van der Waals surface area contributed by atoms with E-state index in [0.717, 1.165) is 0 Å². The zero-order valence-corrected chi connectivity index (χ0v) is 14.9. The van der Waals surface area contributed by atoms with Gasteiger partial charge in [-0.3, -0.25) is 0 Å². The molecule has 122 valence electrons. The van der Waals surface area contributed by atoms with E-state index in [2.05, 4.69) is 0 Å². The number of hydrogen-bond donors (Lipinski definition) is 1. The van der Waals surface area contributed by atoms with Crippen molar-refractivity contribution in [1.82, 2.24) is 0 Å². The first-order valence-electron chi connectivity index (χ1n) is 7.25. The van der Waals surface area contributed by atoms with Crippen molar-refractivity contribution in [2.75, 3.05) is 3.92 Å². The predicted molar refractivity (Wildman–Crippen MR) is 89.6 cm³/mol. The molecule has 0 spiro atoms. The Morgan fingerprint density at radius 1 is 1.00 bits per heavy atom. The maximum absolute atomic E-state index is 13.0. The summed E-state index contributed by atoms with van der Waals surface area (Å²) in [6.07, 6.45) is 0. The average Bonchev–Trinajstić information content (AvgIpc) is 2.76. The van der Waals surface area contributed by atoms with E-state index in [1.807, 2.05) is 45.0 Å². The third kappa shape index (κ3) is 2.69. The summed E-state index contributed by atoms with van der Waals surface area (Å²) in [5.41, 5.74) is 0.565. The number of amides is 1. The topological polar surface area (TPSA) is 59.0 Å². The number of nitrogens with zero attached hydrogens (tertiary/aromatic N) is 1. The Morgan fingerprint density at radius 3 is 2.22 bits per heavy atom. The maximum atomic E-state index is 13.0. The summed E-state index contributed by atoms with van der Waals surface area (Å²) in [6, 6.07) is 16.3. The van der Waals surface area contributed by atoms with Gasteiger partial charge in [-0.25, -0.2) is 0 Å². The van der Waals surface area contributed by atoms with E-state index in [4.69, 9.17) is 7.79 Å². The Hall–Kier alpha value is -1.69. The molecule has 0 saturated heterocycles. The summed E-state index contributed by atoms with van der Waals surface area (Å²) in [5.74, 6) is -0.217. The van der Waals surface area contributed by atoms with Crippen LogP contribution in [0.15, 0.2) is 54.6 Å². The van der Waals surface area contributed by atoms with E-state index in [1.165, 1.54) is 3.92 Å². The van der Waals surface area contributed by atoms with E-state index in [-0.39, 0.29) is 5.91 Å². The van der Waals surface area contributed by atoms with Crippen LogP contribution in [-0.4, -0.2) is 30.5 Å². The molecule has 2 aromatic rings. The molecule has 1 unspecified atom stereocenters. The number of rotatable bonds is 3. The van der Waals surface area contributed by atoms with Crippen LogP contribution in [0.4, 0.5) is 5.69 Å². The molecular formula is C17H19NO4Se. The quantitative estimate of drug-likeness (QED) is 0.506. The number of hydrogen-bond acceptors (Lipinski definition) is 4. The first-order valence-corrected chi connectivity index (χ1v) is 10.3. The molecule has 0 aromatic heterocycles. The SMILES string of the molecule is CC(C)(C)O[Se]1(OO)c2ccccc2C(=O)N1c1ccccc1. The van der Waals surface area contributed by atoms with Gasteiger partial charge in [0, 0.05) is 0 Å². The van der Waals surface area contributed by atoms with E-state index < -0.39 is 19.3 Å². The molecule has 1 atom stereocenters. The van der Waals surface area contributed by atoms with Crippen LogP contribution in [0, 0.1) is 0 Å². The third-order valence-electron chi connectivity index (χ3n) is 3.27. The fourth-order valence-electron chi connectivity index (χ4n) is 2.51. The van der Waals surface area contributed by atoms with Crippen LogP contribution < -0.4 is 8.38 Å². The monoisotopic (exact) mass is 381 g/mol. The number of para-hydroxylation sites is 1. The van der Waals surface area contributed by atoms with Gasteiger partial charge < -0.3 is 0 Å². The van der Waals surface area contributed by atoms with Crippen molar-refractivity contribution >= 4 is 29.8 Å². The normalized spacial score (nSPS) is 23.5. The molecule has 0 aliphatic carbocycles. The summed E-state index contributed by atoms with van der Waals surface area (Å²) < 4.78 is 13.3. The van der Waals surface area contributed by atoms with E-state index in [1.54, 1.807) is 30.3 Å². The minimum absolute atomic E-state index is 0.217. The van der Waals surface area contributed by atoms with Crippen molar-refractivity contribution in [2.24, 2.45) is 0 Å². The standard InChI is InChI=1S/C17H19NO4Se/c1-17(2,3)21-23(22-20)15-12-8-7-11-14(15)16(19)18(23)13-9-5-4-6-10-13/h4-12,20H,1-3H3. The molecule has 23 heavy (non-hydrogen) atoms. The number of carbonyl (C=O) groups is 1. The number of fused-ring (bicyclic) bond motifs is 1.